The largest absolute Gasteiger partial charge is 0.461 e. The van der Waals surface area contributed by atoms with Gasteiger partial charge in [0.25, 0.3) is 0 Å². The number of aliphatic hydroxyl groups is 4. The minimum Gasteiger partial charge on any atom is -0.461 e. The minimum atomic E-state index is -1.47. The maximum Gasteiger partial charge on any atom is 0.335 e. The quantitative estimate of drug-likeness (QED) is 0.0326. The Morgan fingerprint density at radius 1 is 0.542 bits per heavy atom. The molecule has 0 saturated carbocycles. The summed E-state index contributed by atoms with van der Waals surface area (Å²) in [7, 11) is 0. The van der Waals surface area contributed by atoms with Crippen molar-refractivity contribution in [2.75, 3.05) is 19.8 Å². The average Bonchev–Trinajstić information content (AvgIpc) is 3.09. The molecule has 0 fully saturated rings. The van der Waals surface area contributed by atoms with Crippen molar-refractivity contribution in [3.8, 4) is 0 Å². The van der Waals surface area contributed by atoms with Crippen LogP contribution in [0.25, 0.3) is 0 Å². The summed E-state index contributed by atoms with van der Waals surface area (Å²) in [6, 6.07) is 0. The summed E-state index contributed by atoms with van der Waals surface area (Å²) in [6.07, 6.45) is 31.5. The van der Waals surface area contributed by atoms with E-state index >= 15 is 0 Å². The zero-order chi connectivity index (χ0) is 35.6. The van der Waals surface area contributed by atoms with Gasteiger partial charge < -0.3 is 30.5 Å². The molecular formula is C40H79NO7. The third-order valence-corrected chi connectivity index (χ3v) is 9.69. The topological polar surface area (TPSA) is 136 Å². The molecule has 1 amide bonds. The number of ether oxygens (including phenoxy) is 1. The predicted octanol–water partition coefficient (Wildman–Crippen LogP) is 8.83. The van der Waals surface area contributed by atoms with E-state index < -0.39 is 37.4 Å². The number of amides is 1. The first kappa shape index (κ1) is 46.8. The SMILES string of the molecule is CCCCCCCCCCCCCCCCC(O)C(=O)OCC(CO)(CO)NC(=O)CCCCCCCCCCC(O)CCCCCC. The van der Waals surface area contributed by atoms with E-state index in [0.29, 0.717) is 12.8 Å². The molecule has 286 valence electrons. The molecule has 0 aliphatic rings. The fraction of sp³-hybridized carbons (Fsp3) is 0.950. The highest BCUT2D eigenvalue weighted by Crippen LogP contribution is 2.16. The van der Waals surface area contributed by atoms with Crippen LogP contribution < -0.4 is 5.32 Å². The Hall–Kier alpha value is -1.22. The Kier molecular flexibility index (Phi) is 33.4. The Balaban J connectivity index is 3.90. The van der Waals surface area contributed by atoms with Crippen LogP contribution >= 0.6 is 0 Å². The van der Waals surface area contributed by atoms with Gasteiger partial charge in [-0.3, -0.25) is 4.79 Å². The lowest BCUT2D eigenvalue weighted by Crippen LogP contribution is -2.58. The van der Waals surface area contributed by atoms with Gasteiger partial charge >= 0.3 is 5.97 Å². The zero-order valence-corrected chi connectivity index (χ0v) is 31.5. The van der Waals surface area contributed by atoms with Crippen molar-refractivity contribution in [3.63, 3.8) is 0 Å². The van der Waals surface area contributed by atoms with Crippen molar-refractivity contribution >= 4 is 11.9 Å². The molecule has 2 unspecified atom stereocenters. The van der Waals surface area contributed by atoms with Crippen molar-refractivity contribution in [1.82, 2.24) is 5.32 Å². The van der Waals surface area contributed by atoms with Gasteiger partial charge in [-0.05, 0) is 25.7 Å². The third kappa shape index (κ3) is 28.6. The Labute approximate surface area is 295 Å². The van der Waals surface area contributed by atoms with Gasteiger partial charge in [-0.1, -0.05) is 174 Å². The van der Waals surface area contributed by atoms with E-state index in [2.05, 4.69) is 19.2 Å². The van der Waals surface area contributed by atoms with E-state index in [0.717, 1.165) is 77.0 Å². The highest BCUT2D eigenvalue weighted by Gasteiger charge is 2.33. The van der Waals surface area contributed by atoms with E-state index in [-0.39, 0.29) is 18.4 Å². The third-order valence-electron chi connectivity index (χ3n) is 9.69. The number of nitrogens with one attached hydrogen (secondary N) is 1. The van der Waals surface area contributed by atoms with Gasteiger partial charge in [-0.2, -0.15) is 0 Å². The van der Waals surface area contributed by atoms with Crippen molar-refractivity contribution in [1.29, 1.82) is 0 Å². The minimum absolute atomic E-state index is 0.147. The van der Waals surface area contributed by atoms with Crippen molar-refractivity contribution in [2.45, 2.75) is 224 Å². The van der Waals surface area contributed by atoms with Crippen LogP contribution in [0.5, 0.6) is 0 Å². The molecule has 8 heteroatoms. The molecule has 0 radical (unpaired) electrons. The van der Waals surface area contributed by atoms with Gasteiger partial charge in [-0.15, -0.1) is 0 Å². The highest BCUT2D eigenvalue weighted by atomic mass is 16.5. The number of esters is 1. The van der Waals surface area contributed by atoms with Crippen LogP contribution in [0.15, 0.2) is 0 Å². The summed E-state index contributed by atoms with van der Waals surface area (Å²) in [4.78, 5) is 24.9. The lowest BCUT2D eigenvalue weighted by atomic mass is 10.0. The molecule has 0 spiro atoms. The fourth-order valence-electron chi connectivity index (χ4n) is 6.25. The molecule has 0 aromatic carbocycles. The maximum absolute atomic E-state index is 12.5. The molecule has 0 aliphatic heterocycles. The summed E-state index contributed by atoms with van der Waals surface area (Å²) < 4.78 is 5.22. The predicted molar refractivity (Wildman–Crippen MR) is 198 cm³/mol. The monoisotopic (exact) mass is 686 g/mol. The molecule has 0 rings (SSSR count). The number of carbonyl (C=O) groups is 2. The van der Waals surface area contributed by atoms with Crippen LogP contribution in [-0.2, 0) is 14.3 Å². The second-order valence-electron chi connectivity index (χ2n) is 14.5. The molecule has 0 heterocycles. The molecule has 2 atom stereocenters. The standard InChI is InChI=1S/C40H79NO7/c1-3-5-7-9-10-11-12-13-14-15-16-20-23-27-31-37(45)39(47)48-35-40(33-42,34-43)41-38(46)32-28-24-21-18-17-19-22-26-30-36(44)29-25-8-6-4-2/h36-37,42-45H,3-35H2,1-2H3,(H,41,46). The molecule has 48 heavy (non-hydrogen) atoms. The lowest BCUT2D eigenvalue weighted by Gasteiger charge is -2.30. The summed E-state index contributed by atoms with van der Waals surface area (Å²) >= 11 is 0. The zero-order valence-electron chi connectivity index (χ0n) is 31.5. The van der Waals surface area contributed by atoms with E-state index in [1.54, 1.807) is 0 Å². The normalized spacial score (nSPS) is 13.0. The van der Waals surface area contributed by atoms with E-state index in [9.17, 15) is 30.0 Å². The first-order valence-corrected chi connectivity index (χ1v) is 20.4. The van der Waals surface area contributed by atoms with Crippen LogP contribution in [0.3, 0.4) is 0 Å². The lowest BCUT2D eigenvalue weighted by molar-refractivity contribution is -0.158. The second kappa shape index (κ2) is 34.2. The molecule has 0 aliphatic carbocycles. The van der Waals surface area contributed by atoms with E-state index in [4.69, 9.17) is 4.74 Å². The maximum atomic E-state index is 12.5. The van der Waals surface area contributed by atoms with Gasteiger partial charge in [0, 0.05) is 6.42 Å². The Morgan fingerprint density at radius 2 is 0.896 bits per heavy atom. The first-order chi connectivity index (χ1) is 23.3. The van der Waals surface area contributed by atoms with Crippen LogP contribution in [0.2, 0.25) is 0 Å². The number of aliphatic hydroxyl groups excluding tert-OH is 4. The molecule has 0 aromatic rings. The summed E-state index contributed by atoms with van der Waals surface area (Å²) in [6.45, 7) is 2.91. The van der Waals surface area contributed by atoms with Crippen molar-refractivity contribution in [3.05, 3.63) is 0 Å². The number of carbonyl (C=O) groups excluding carboxylic acids is 2. The second-order valence-corrected chi connectivity index (χ2v) is 14.5. The first-order valence-electron chi connectivity index (χ1n) is 20.4. The van der Waals surface area contributed by atoms with E-state index in [1.807, 2.05) is 0 Å². The molecular weight excluding hydrogens is 606 g/mol. The number of unbranched alkanes of at least 4 members (excludes halogenated alkanes) is 23. The van der Waals surface area contributed by atoms with Gasteiger partial charge in [0.15, 0.2) is 6.10 Å². The molecule has 0 saturated heterocycles. The van der Waals surface area contributed by atoms with E-state index in [1.165, 1.54) is 96.3 Å². The van der Waals surface area contributed by atoms with Crippen LogP contribution in [0.1, 0.15) is 206 Å². The van der Waals surface area contributed by atoms with Gasteiger partial charge in [0.2, 0.25) is 5.91 Å². The number of rotatable bonds is 37. The molecule has 5 N–H and O–H groups in total. The number of hydrogen-bond acceptors (Lipinski definition) is 7. The Bertz CT molecular complexity index is 716. The Morgan fingerprint density at radius 3 is 1.31 bits per heavy atom. The van der Waals surface area contributed by atoms with Gasteiger partial charge in [0.1, 0.15) is 12.1 Å². The van der Waals surface area contributed by atoms with Crippen LogP contribution in [0.4, 0.5) is 0 Å². The molecule has 8 nitrogen and oxygen atoms in total. The fourth-order valence-corrected chi connectivity index (χ4v) is 6.25. The van der Waals surface area contributed by atoms with Crippen LogP contribution in [0, 0.1) is 0 Å². The highest BCUT2D eigenvalue weighted by molar-refractivity contribution is 5.77. The summed E-state index contributed by atoms with van der Waals surface area (Å²) in [5.74, 6) is -1.09. The van der Waals surface area contributed by atoms with Gasteiger partial charge in [0.05, 0.1) is 19.3 Å². The van der Waals surface area contributed by atoms with Crippen molar-refractivity contribution < 1.29 is 34.8 Å². The summed E-state index contributed by atoms with van der Waals surface area (Å²) in [5.41, 5.74) is -1.47. The van der Waals surface area contributed by atoms with Crippen molar-refractivity contribution in [2.24, 2.45) is 0 Å². The molecule has 0 bridgehead atoms. The number of hydrogen-bond donors (Lipinski definition) is 5. The smallest absolute Gasteiger partial charge is 0.335 e. The van der Waals surface area contributed by atoms with Gasteiger partial charge in [-0.25, -0.2) is 4.79 Å². The molecule has 0 aromatic heterocycles. The summed E-state index contributed by atoms with van der Waals surface area (Å²) in [5, 5.41) is 42.8. The average molecular weight is 686 g/mol. The van der Waals surface area contributed by atoms with Crippen LogP contribution in [-0.4, -0.2) is 69.9 Å².